The molecule has 2 saturated heterocycles. The minimum atomic E-state index is -0.320. The summed E-state index contributed by atoms with van der Waals surface area (Å²) in [6, 6.07) is 0. The molecule has 0 aromatic heterocycles. The minimum absolute atomic E-state index is 0.0576. The van der Waals surface area contributed by atoms with Crippen LogP contribution in [0.2, 0.25) is 0 Å². The van der Waals surface area contributed by atoms with Gasteiger partial charge in [0.15, 0.2) is 6.10 Å². The predicted octanol–water partition coefficient (Wildman–Crippen LogP) is 2.61. The molecule has 108 valence electrons. The van der Waals surface area contributed by atoms with E-state index in [4.69, 9.17) is 9.47 Å². The van der Waals surface area contributed by atoms with Crippen molar-refractivity contribution in [3.05, 3.63) is 11.6 Å². The van der Waals surface area contributed by atoms with Crippen molar-refractivity contribution in [1.82, 2.24) is 0 Å². The van der Waals surface area contributed by atoms with Gasteiger partial charge >= 0.3 is 5.97 Å². The van der Waals surface area contributed by atoms with Crippen molar-refractivity contribution >= 4 is 5.97 Å². The zero-order valence-corrected chi connectivity index (χ0v) is 12.3. The van der Waals surface area contributed by atoms with E-state index in [1.165, 1.54) is 12.7 Å². The van der Waals surface area contributed by atoms with E-state index in [0.717, 1.165) is 25.7 Å². The Bertz CT molecular complexity index is 372. The summed E-state index contributed by atoms with van der Waals surface area (Å²) in [5.74, 6) is -0.251. The Labute approximate surface area is 115 Å². The predicted molar refractivity (Wildman–Crippen MR) is 71.9 cm³/mol. The van der Waals surface area contributed by atoms with Crippen LogP contribution in [-0.4, -0.2) is 37.0 Å². The summed E-state index contributed by atoms with van der Waals surface area (Å²) in [6.07, 6.45) is 6.43. The maximum atomic E-state index is 11.2. The molecule has 0 spiro atoms. The van der Waals surface area contributed by atoms with Crippen LogP contribution in [0.3, 0.4) is 0 Å². The van der Waals surface area contributed by atoms with Gasteiger partial charge < -0.3 is 14.2 Å². The molecule has 2 aliphatic rings. The Morgan fingerprint density at radius 2 is 2.05 bits per heavy atom. The molecular weight excluding hydrogens is 244 g/mol. The normalized spacial score (nSPS) is 32.0. The van der Waals surface area contributed by atoms with E-state index in [-0.39, 0.29) is 23.8 Å². The van der Waals surface area contributed by atoms with Crippen molar-refractivity contribution in [1.29, 1.82) is 0 Å². The second-order valence-electron chi connectivity index (χ2n) is 5.99. The number of rotatable bonds is 7. The summed E-state index contributed by atoms with van der Waals surface area (Å²) in [5.41, 5.74) is 1.48. The Morgan fingerprint density at radius 3 is 2.63 bits per heavy atom. The molecule has 0 N–H and O–H groups in total. The van der Waals surface area contributed by atoms with Crippen LogP contribution < -0.4 is 0 Å². The zero-order valence-electron chi connectivity index (χ0n) is 12.3. The van der Waals surface area contributed by atoms with Crippen LogP contribution in [0.4, 0.5) is 0 Å². The first-order chi connectivity index (χ1) is 8.94. The van der Waals surface area contributed by atoms with Crippen molar-refractivity contribution in [2.24, 2.45) is 0 Å². The molecule has 2 fully saturated rings. The van der Waals surface area contributed by atoms with Gasteiger partial charge in [-0.05, 0) is 46.5 Å². The van der Waals surface area contributed by atoms with E-state index < -0.39 is 0 Å². The summed E-state index contributed by atoms with van der Waals surface area (Å²) in [5, 5.41) is 0. The highest BCUT2D eigenvalue weighted by Gasteiger charge is 2.47. The van der Waals surface area contributed by atoms with Crippen LogP contribution in [-0.2, 0) is 19.0 Å². The standard InChI is InChI=1S/C15H24O4/c1-10(8-9-12-15(2,3)19-12)6-5-7-11-13(18-11)14(16)17-4/h6,11-13H,5,7-9H2,1-4H3/b10-6+/t11-,12+,13+/m0/s1. The van der Waals surface area contributed by atoms with E-state index in [1.807, 2.05) is 0 Å². The molecule has 0 radical (unpaired) electrons. The number of methoxy groups -OCH3 is 1. The van der Waals surface area contributed by atoms with Gasteiger partial charge in [0.05, 0.1) is 24.9 Å². The van der Waals surface area contributed by atoms with Crippen LogP contribution >= 0.6 is 0 Å². The van der Waals surface area contributed by atoms with Crippen LogP contribution in [0.15, 0.2) is 11.6 Å². The monoisotopic (exact) mass is 268 g/mol. The fraction of sp³-hybridized carbons (Fsp3) is 0.800. The molecule has 0 amide bonds. The number of ether oxygens (including phenoxy) is 3. The van der Waals surface area contributed by atoms with Crippen LogP contribution in [0.5, 0.6) is 0 Å². The molecule has 0 aromatic rings. The maximum Gasteiger partial charge on any atom is 0.337 e. The average molecular weight is 268 g/mol. The number of allylic oxidation sites excluding steroid dienone is 2. The topological polar surface area (TPSA) is 51.4 Å². The van der Waals surface area contributed by atoms with Gasteiger partial charge in [0.1, 0.15) is 0 Å². The molecule has 3 atom stereocenters. The second kappa shape index (κ2) is 5.63. The van der Waals surface area contributed by atoms with Crippen LogP contribution in [0.1, 0.15) is 46.5 Å². The molecular formula is C15H24O4. The molecule has 2 heterocycles. The minimum Gasteiger partial charge on any atom is -0.467 e. The number of hydrogen-bond donors (Lipinski definition) is 0. The van der Waals surface area contributed by atoms with E-state index in [9.17, 15) is 4.79 Å². The number of carbonyl (C=O) groups excluding carboxylic acids is 1. The van der Waals surface area contributed by atoms with Crippen molar-refractivity contribution in [3.8, 4) is 0 Å². The quantitative estimate of drug-likeness (QED) is 0.404. The number of esters is 1. The third kappa shape index (κ3) is 4.05. The Balaban J connectivity index is 1.57. The van der Waals surface area contributed by atoms with Gasteiger partial charge in [-0.1, -0.05) is 11.6 Å². The molecule has 0 saturated carbocycles. The zero-order chi connectivity index (χ0) is 14.0. The van der Waals surface area contributed by atoms with Crippen molar-refractivity contribution in [2.75, 3.05) is 7.11 Å². The third-order valence-electron chi connectivity index (χ3n) is 3.92. The molecule has 19 heavy (non-hydrogen) atoms. The Kier molecular flexibility index (Phi) is 4.31. The van der Waals surface area contributed by atoms with E-state index in [1.54, 1.807) is 0 Å². The SMILES string of the molecule is COC(=O)[C@@H]1O[C@H]1CC/C=C(\C)CC[C@H]1OC1(C)C. The fourth-order valence-electron chi connectivity index (χ4n) is 2.38. The summed E-state index contributed by atoms with van der Waals surface area (Å²) < 4.78 is 15.5. The molecule has 2 aliphatic heterocycles. The largest absolute Gasteiger partial charge is 0.467 e. The number of epoxide rings is 2. The first-order valence-corrected chi connectivity index (χ1v) is 7.01. The molecule has 0 aromatic carbocycles. The van der Waals surface area contributed by atoms with E-state index >= 15 is 0 Å². The maximum absolute atomic E-state index is 11.2. The lowest BCUT2D eigenvalue weighted by Gasteiger charge is -2.00. The first-order valence-electron chi connectivity index (χ1n) is 7.01. The molecule has 2 rings (SSSR count). The molecule has 0 aliphatic carbocycles. The molecule has 4 heteroatoms. The van der Waals surface area contributed by atoms with Gasteiger partial charge in [-0.2, -0.15) is 0 Å². The molecule has 0 unspecified atom stereocenters. The second-order valence-corrected chi connectivity index (χ2v) is 5.99. The highest BCUT2D eigenvalue weighted by Crippen LogP contribution is 2.39. The van der Waals surface area contributed by atoms with Gasteiger partial charge in [-0.3, -0.25) is 0 Å². The fourth-order valence-corrected chi connectivity index (χ4v) is 2.38. The molecule has 4 nitrogen and oxygen atoms in total. The van der Waals surface area contributed by atoms with Crippen molar-refractivity contribution in [3.63, 3.8) is 0 Å². The lowest BCUT2D eigenvalue weighted by molar-refractivity contribution is -0.142. The average Bonchev–Trinajstić information content (AvgIpc) is 3.23. The number of hydrogen-bond acceptors (Lipinski definition) is 4. The molecule has 0 bridgehead atoms. The Hall–Kier alpha value is -0.870. The van der Waals surface area contributed by atoms with Gasteiger partial charge in [0.25, 0.3) is 0 Å². The van der Waals surface area contributed by atoms with Crippen molar-refractivity contribution in [2.45, 2.75) is 70.4 Å². The van der Waals surface area contributed by atoms with E-state index in [0.29, 0.717) is 6.10 Å². The van der Waals surface area contributed by atoms with Crippen LogP contribution in [0.25, 0.3) is 0 Å². The smallest absolute Gasteiger partial charge is 0.337 e. The Morgan fingerprint density at radius 1 is 1.37 bits per heavy atom. The highest BCUT2D eigenvalue weighted by atomic mass is 16.6. The van der Waals surface area contributed by atoms with Gasteiger partial charge in [0.2, 0.25) is 0 Å². The first kappa shape index (κ1) is 14.5. The third-order valence-corrected chi connectivity index (χ3v) is 3.92. The summed E-state index contributed by atoms with van der Waals surface area (Å²) in [7, 11) is 1.40. The van der Waals surface area contributed by atoms with Crippen molar-refractivity contribution < 1.29 is 19.0 Å². The lowest BCUT2D eigenvalue weighted by Crippen LogP contribution is -2.11. The van der Waals surface area contributed by atoms with Crippen LogP contribution in [0, 0.1) is 0 Å². The van der Waals surface area contributed by atoms with E-state index in [2.05, 4.69) is 31.6 Å². The highest BCUT2D eigenvalue weighted by molar-refractivity contribution is 5.77. The van der Waals surface area contributed by atoms with Gasteiger partial charge in [0, 0.05) is 0 Å². The van der Waals surface area contributed by atoms with Gasteiger partial charge in [-0.15, -0.1) is 0 Å². The summed E-state index contributed by atoms with van der Waals surface area (Å²) in [6.45, 7) is 6.42. The summed E-state index contributed by atoms with van der Waals surface area (Å²) in [4.78, 5) is 11.2. The number of carbonyl (C=O) groups is 1. The summed E-state index contributed by atoms with van der Waals surface area (Å²) >= 11 is 0. The lowest BCUT2D eigenvalue weighted by atomic mass is 10.0. The van der Waals surface area contributed by atoms with Gasteiger partial charge in [-0.25, -0.2) is 4.79 Å².